The third-order valence-corrected chi connectivity index (χ3v) is 4.78. The van der Waals surface area contributed by atoms with Crippen LogP contribution in [0.15, 0.2) is 48.7 Å². The lowest BCUT2D eigenvalue weighted by atomic mass is 10.1. The molecule has 3 rings (SSSR count). The highest BCUT2D eigenvalue weighted by atomic mass is 19.4. The SMILES string of the molecule is Cc1ccc(Nc2cc(-c3ccccn3)nc(N[C@H](CO)C(C)C)n2)cc1C(F)(F)F. The maximum absolute atomic E-state index is 13.3. The van der Waals surface area contributed by atoms with Crippen LogP contribution in [0.1, 0.15) is 25.0 Å². The predicted molar refractivity (Wildman–Crippen MR) is 114 cm³/mol. The number of alkyl halides is 3. The number of aliphatic hydroxyl groups is 1. The molecule has 31 heavy (non-hydrogen) atoms. The van der Waals surface area contributed by atoms with Crippen LogP contribution in [-0.4, -0.2) is 32.7 Å². The summed E-state index contributed by atoms with van der Waals surface area (Å²) in [4.78, 5) is 13.1. The Morgan fingerprint density at radius 1 is 1.03 bits per heavy atom. The van der Waals surface area contributed by atoms with E-state index in [0.717, 1.165) is 6.07 Å². The first-order valence-corrected chi connectivity index (χ1v) is 9.80. The smallest absolute Gasteiger partial charge is 0.394 e. The summed E-state index contributed by atoms with van der Waals surface area (Å²) in [6.07, 6.45) is -2.83. The summed E-state index contributed by atoms with van der Waals surface area (Å²) in [5, 5.41) is 15.7. The van der Waals surface area contributed by atoms with E-state index in [4.69, 9.17) is 0 Å². The highest BCUT2D eigenvalue weighted by Gasteiger charge is 2.32. The number of anilines is 3. The number of aromatic nitrogens is 3. The molecule has 1 atom stereocenters. The molecule has 0 saturated carbocycles. The Labute approximate surface area is 178 Å². The van der Waals surface area contributed by atoms with Crippen molar-refractivity contribution in [1.29, 1.82) is 0 Å². The summed E-state index contributed by atoms with van der Waals surface area (Å²) in [5.41, 5.74) is 0.747. The summed E-state index contributed by atoms with van der Waals surface area (Å²) in [7, 11) is 0. The predicted octanol–water partition coefficient (Wildman–Crippen LogP) is 5.04. The summed E-state index contributed by atoms with van der Waals surface area (Å²) in [5.74, 6) is 0.645. The third-order valence-electron chi connectivity index (χ3n) is 4.78. The van der Waals surface area contributed by atoms with Crippen molar-refractivity contribution in [3.8, 4) is 11.4 Å². The summed E-state index contributed by atoms with van der Waals surface area (Å²) >= 11 is 0. The van der Waals surface area contributed by atoms with Crippen LogP contribution < -0.4 is 10.6 Å². The van der Waals surface area contributed by atoms with E-state index in [2.05, 4.69) is 25.6 Å². The number of aryl methyl sites for hydroxylation is 1. The maximum atomic E-state index is 13.3. The quantitative estimate of drug-likeness (QED) is 0.486. The van der Waals surface area contributed by atoms with Crippen molar-refractivity contribution < 1.29 is 18.3 Å². The molecule has 2 aromatic heterocycles. The lowest BCUT2D eigenvalue weighted by Crippen LogP contribution is -2.30. The first kappa shape index (κ1) is 22.5. The molecule has 2 heterocycles. The van der Waals surface area contributed by atoms with Gasteiger partial charge in [0.05, 0.1) is 29.6 Å². The van der Waals surface area contributed by atoms with Gasteiger partial charge in [-0.25, -0.2) is 4.98 Å². The van der Waals surface area contributed by atoms with Crippen molar-refractivity contribution in [2.24, 2.45) is 5.92 Å². The van der Waals surface area contributed by atoms with Crippen LogP contribution in [-0.2, 0) is 6.18 Å². The maximum Gasteiger partial charge on any atom is 0.416 e. The zero-order chi connectivity index (χ0) is 22.6. The summed E-state index contributed by atoms with van der Waals surface area (Å²) in [6.45, 7) is 5.19. The van der Waals surface area contributed by atoms with Gasteiger partial charge >= 0.3 is 6.18 Å². The van der Waals surface area contributed by atoms with Crippen LogP contribution in [0.25, 0.3) is 11.4 Å². The minimum absolute atomic E-state index is 0.106. The van der Waals surface area contributed by atoms with Crippen molar-refractivity contribution >= 4 is 17.5 Å². The average molecular weight is 431 g/mol. The normalized spacial score (nSPS) is 12.6. The minimum atomic E-state index is -4.45. The standard InChI is InChI=1S/C22H24F3N5O/c1-13(2)19(12-31)29-21-28-18(17-6-4-5-9-26-17)11-20(30-21)27-15-8-7-14(3)16(10-15)22(23,24)25/h4-11,13,19,31H,12H2,1-3H3,(H2,27,28,29,30)/t19-/m1/s1. The topological polar surface area (TPSA) is 83.0 Å². The number of benzene rings is 1. The van der Waals surface area contributed by atoms with Gasteiger partial charge in [0.2, 0.25) is 5.95 Å². The van der Waals surface area contributed by atoms with Crippen LogP contribution in [0, 0.1) is 12.8 Å². The Kier molecular flexibility index (Phi) is 6.74. The molecule has 0 amide bonds. The van der Waals surface area contributed by atoms with Crippen LogP contribution in [0.3, 0.4) is 0 Å². The Morgan fingerprint density at radius 3 is 2.42 bits per heavy atom. The molecule has 3 aromatic rings. The molecule has 0 unspecified atom stereocenters. The molecule has 9 heteroatoms. The van der Waals surface area contributed by atoms with Gasteiger partial charge in [-0.05, 0) is 42.7 Å². The van der Waals surface area contributed by atoms with E-state index < -0.39 is 11.7 Å². The fourth-order valence-corrected chi connectivity index (χ4v) is 2.96. The van der Waals surface area contributed by atoms with E-state index in [9.17, 15) is 18.3 Å². The molecule has 0 saturated heterocycles. The van der Waals surface area contributed by atoms with Gasteiger partial charge in [0, 0.05) is 18.0 Å². The number of hydrogen-bond donors (Lipinski definition) is 3. The van der Waals surface area contributed by atoms with E-state index in [1.807, 2.05) is 19.9 Å². The molecule has 0 radical (unpaired) electrons. The van der Waals surface area contributed by atoms with Gasteiger partial charge in [-0.1, -0.05) is 26.0 Å². The Morgan fingerprint density at radius 2 is 1.81 bits per heavy atom. The molecular weight excluding hydrogens is 407 g/mol. The Hall–Kier alpha value is -3.20. The van der Waals surface area contributed by atoms with Crippen molar-refractivity contribution in [3.05, 3.63) is 59.8 Å². The number of pyridine rings is 1. The number of rotatable bonds is 7. The molecule has 0 fully saturated rings. The van der Waals surface area contributed by atoms with Crippen LogP contribution in [0.2, 0.25) is 0 Å². The van der Waals surface area contributed by atoms with Gasteiger partial charge in [-0.2, -0.15) is 18.2 Å². The summed E-state index contributed by atoms with van der Waals surface area (Å²) in [6, 6.07) is 10.7. The van der Waals surface area contributed by atoms with Gasteiger partial charge in [-0.15, -0.1) is 0 Å². The van der Waals surface area contributed by atoms with Gasteiger partial charge in [0.15, 0.2) is 0 Å². The van der Waals surface area contributed by atoms with E-state index >= 15 is 0 Å². The average Bonchev–Trinajstić information content (AvgIpc) is 2.73. The van der Waals surface area contributed by atoms with Crippen molar-refractivity contribution in [3.63, 3.8) is 0 Å². The zero-order valence-electron chi connectivity index (χ0n) is 17.4. The largest absolute Gasteiger partial charge is 0.416 e. The van der Waals surface area contributed by atoms with Gasteiger partial charge in [0.1, 0.15) is 5.82 Å². The number of nitrogens with zero attached hydrogens (tertiary/aromatic N) is 3. The van der Waals surface area contributed by atoms with E-state index in [0.29, 0.717) is 17.2 Å². The molecule has 3 N–H and O–H groups in total. The monoisotopic (exact) mass is 431 g/mol. The second kappa shape index (κ2) is 9.30. The number of hydrogen-bond acceptors (Lipinski definition) is 6. The molecule has 164 valence electrons. The molecule has 0 bridgehead atoms. The van der Waals surface area contributed by atoms with E-state index in [1.165, 1.54) is 13.0 Å². The Balaban J connectivity index is 2.00. The number of halogens is 3. The van der Waals surface area contributed by atoms with Crippen molar-refractivity contribution in [2.75, 3.05) is 17.2 Å². The van der Waals surface area contributed by atoms with Crippen LogP contribution in [0.5, 0.6) is 0 Å². The third kappa shape index (κ3) is 5.69. The highest BCUT2D eigenvalue weighted by molar-refractivity contribution is 5.66. The molecule has 0 aliphatic heterocycles. The second-order valence-corrected chi connectivity index (χ2v) is 7.51. The molecule has 0 aliphatic carbocycles. The van der Waals surface area contributed by atoms with Crippen LogP contribution in [0.4, 0.5) is 30.6 Å². The first-order chi connectivity index (χ1) is 14.7. The molecule has 1 aromatic carbocycles. The lowest BCUT2D eigenvalue weighted by molar-refractivity contribution is -0.138. The number of nitrogens with one attached hydrogen (secondary N) is 2. The minimum Gasteiger partial charge on any atom is -0.394 e. The molecule has 0 aliphatic rings. The molecular formula is C22H24F3N5O. The van der Waals surface area contributed by atoms with E-state index in [1.54, 1.807) is 30.5 Å². The summed E-state index contributed by atoms with van der Waals surface area (Å²) < 4.78 is 39.8. The molecule has 6 nitrogen and oxygen atoms in total. The first-order valence-electron chi connectivity index (χ1n) is 9.80. The molecule has 0 spiro atoms. The van der Waals surface area contributed by atoms with Crippen LogP contribution >= 0.6 is 0 Å². The van der Waals surface area contributed by atoms with Gasteiger partial charge < -0.3 is 15.7 Å². The van der Waals surface area contributed by atoms with Gasteiger partial charge in [0.25, 0.3) is 0 Å². The Bertz CT molecular complexity index is 1030. The van der Waals surface area contributed by atoms with Crippen molar-refractivity contribution in [1.82, 2.24) is 15.0 Å². The van der Waals surface area contributed by atoms with E-state index in [-0.39, 0.29) is 35.8 Å². The highest BCUT2D eigenvalue weighted by Crippen LogP contribution is 2.34. The fraction of sp³-hybridized carbons (Fsp3) is 0.318. The lowest BCUT2D eigenvalue weighted by Gasteiger charge is -2.21. The number of aliphatic hydroxyl groups excluding tert-OH is 1. The zero-order valence-corrected chi connectivity index (χ0v) is 17.4. The van der Waals surface area contributed by atoms with Gasteiger partial charge in [-0.3, -0.25) is 4.98 Å². The fourth-order valence-electron chi connectivity index (χ4n) is 2.96. The second-order valence-electron chi connectivity index (χ2n) is 7.51. The van der Waals surface area contributed by atoms with Crippen molar-refractivity contribution in [2.45, 2.75) is 33.0 Å².